The highest BCUT2D eigenvalue weighted by Gasteiger charge is 2.19. The molecule has 1 fully saturated rings. The van der Waals surface area contributed by atoms with E-state index in [4.69, 9.17) is 19.2 Å². The number of hydrogen-bond acceptors (Lipinski definition) is 6. The van der Waals surface area contributed by atoms with E-state index >= 15 is 0 Å². The predicted octanol–water partition coefficient (Wildman–Crippen LogP) is 5.06. The van der Waals surface area contributed by atoms with Gasteiger partial charge in [0, 0.05) is 26.1 Å². The molecule has 3 heterocycles. The topological polar surface area (TPSA) is 56.7 Å². The third-order valence-corrected chi connectivity index (χ3v) is 5.56. The Labute approximate surface area is 184 Å². The summed E-state index contributed by atoms with van der Waals surface area (Å²) in [4.78, 5) is 11.4. The first kappa shape index (κ1) is 21.5. The van der Waals surface area contributed by atoms with Crippen LogP contribution in [-0.2, 0) is 9.47 Å². The highest BCUT2D eigenvalue weighted by atomic mass is 16.7. The van der Waals surface area contributed by atoms with Crippen molar-refractivity contribution in [2.75, 3.05) is 32.2 Å². The molecule has 0 bridgehead atoms. The number of fused-ring (bicyclic) bond motifs is 1. The quantitative estimate of drug-likeness (QED) is 0.507. The standard InChI is InChI=1S/C25H31N3O3/c1-4-20(31-25-7-5-6-14-29-25)17-30-21-10-13-22-18(15-21)8-11-24(27-22)23-12-9-19(16-26-23)28(2)3/h8-13,15-16,20,25H,4-7,14,17H2,1-3H3/t20-,25?/m1/s1. The van der Waals surface area contributed by atoms with Crippen molar-refractivity contribution in [3.8, 4) is 17.1 Å². The molecule has 2 atom stereocenters. The van der Waals surface area contributed by atoms with Crippen LogP contribution in [0.15, 0.2) is 48.7 Å². The molecule has 0 spiro atoms. The fraction of sp³-hybridized carbons (Fsp3) is 0.440. The SMILES string of the molecule is CC[C@H](COc1ccc2nc(-c3ccc(N(C)C)cn3)ccc2c1)OC1CCCCO1. The third kappa shape index (κ3) is 5.51. The van der Waals surface area contributed by atoms with Gasteiger partial charge in [-0.25, -0.2) is 4.98 Å². The molecule has 0 amide bonds. The van der Waals surface area contributed by atoms with Gasteiger partial charge in [0.2, 0.25) is 0 Å². The molecule has 2 aromatic heterocycles. The van der Waals surface area contributed by atoms with Crippen LogP contribution in [0.2, 0.25) is 0 Å². The molecule has 0 saturated carbocycles. The minimum absolute atomic E-state index is 0.0236. The molecule has 3 aromatic rings. The molecule has 1 unspecified atom stereocenters. The molecule has 1 saturated heterocycles. The molecule has 0 radical (unpaired) electrons. The Kier molecular flexibility index (Phi) is 6.99. The van der Waals surface area contributed by atoms with Gasteiger partial charge in [-0.3, -0.25) is 4.98 Å². The van der Waals surface area contributed by atoms with Crippen LogP contribution >= 0.6 is 0 Å². The van der Waals surface area contributed by atoms with Crippen molar-refractivity contribution in [1.29, 1.82) is 0 Å². The first-order valence-electron chi connectivity index (χ1n) is 11.1. The average molecular weight is 422 g/mol. The van der Waals surface area contributed by atoms with Crippen molar-refractivity contribution < 1.29 is 14.2 Å². The Balaban J connectivity index is 1.41. The fourth-order valence-corrected chi connectivity index (χ4v) is 3.61. The number of nitrogens with zero attached hydrogens (tertiary/aromatic N) is 3. The van der Waals surface area contributed by atoms with Gasteiger partial charge in [-0.15, -0.1) is 0 Å². The van der Waals surface area contributed by atoms with Crippen LogP contribution in [0.3, 0.4) is 0 Å². The van der Waals surface area contributed by atoms with E-state index in [9.17, 15) is 0 Å². The number of ether oxygens (including phenoxy) is 3. The zero-order valence-electron chi connectivity index (χ0n) is 18.6. The third-order valence-electron chi connectivity index (χ3n) is 5.56. The summed E-state index contributed by atoms with van der Waals surface area (Å²) in [5.74, 6) is 0.821. The maximum atomic E-state index is 6.07. The van der Waals surface area contributed by atoms with Crippen LogP contribution in [0.5, 0.6) is 5.75 Å². The van der Waals surface area contributed by atoms with Crippen LogP contribution in [-0.4, -0.2) is 49.7 Å². The van der Waals surface area contributed by atoms with E-state index in [0.29, 0.717) is 6.61 Å². The number of benzene rings is 1. The molecule has 6 nitrogen and oxygen atoms in total. The normalized spacial score (nSPS) is 17.5. The summed E-state index contributed by atoms with van der Waals surface area (Å²) >= 11 is 0. The lowest BCUT2D eigenvalue weighted by molar-refractivity contribution is -0.193. The molecular formula is C25H31N3O3. The summed E-state index contributed by atoms with van der Waals surface area (Å²) in [6.07, 6.45) is 5.93. The Morgan fingerprint density at radius 3 is 2.68 bits per heavy atom. The van der Waals surface area contributed by atoms with Gasteiger partial charge >= 0.3 is 0 Å². The summed E-state index contributed by atoms with van der Waals surface area (Å²) in [6.45, 7) is 3.41. The van der Waals surface area contributed by atoms with Gasteiger partial charge in [0.25, 0.3) is 0 Å². The molecular weight excluding hydrogens is 390 g/mol. The largest absolute Gasteiger partial charge is 0.491 e. The van der Waals surface area contributed by atoms with Gasteiger partial charge in [-0.05, 0) is 62.1 Å². The zero-order chi connectivity index (χ0) is 21.6. The van der Waals surface area contributed by atoms with E-state index in [1.807, 2.05) is 55.5 Å². The molecule has 1 aliphatic rings. The molecule has 4 rings (SSSR count). The molecule has 1 aromatic carbocycles. The van der Waals surface area contributed by atoms with Crippen molar-refractivity contribution in [2.24, 2.45) is 0 Å². The fourth-order valence-electron chi connectivity index (χ4n) is 3.61. The molecule has 0 N–H and O–H groups in total. The number of pyridine rings is 2. The minimum atomic E-state index is -0.0954. The van der Waals surface area contributed by atoms with Crippen LogP contribution in [0.4, 0.5) is 5.69 Å². The highest BCUT2D eigenvalue weighted by Crippen LogP contribution is 2.25. The van der Waals surface area contributed by atoms with Crippen LogP contribution in [0, 0.1) is 0 Å². The van der Waals surface area contributed by atoms with E-state index in [2.05, 4.69) is 24.0 Å². The Hall–Kier alpha value is -2.70. The van der Waals surface area contributed by atoms with Crippen molar-refractivity contribution in [3.63, 3.8) is 0 Å². The van der Waals surface area contributed by atoms with Crippen molar-refractivity contribution in [1.82, 2.24) is 9.97 Å². The van der Waals surface area contributed by atoms with Gasteiger partial charge in [-0.2, -0.15) is 0 Å². The Bertz CT molecular complexity index is 985. The average Bonchev–Trinajstić information content (AvgIpc) is 2.82. The summed E-state index contributed by atoms with van der Waals surface area (Å²) in [5, 5.41) is 1.04. The van der Waals surface area contributed by atoms with Crippen molar-refractivity contribution in [3.05, 3.63) is 48.7 Å². The smallest absolute Gasteiger partial charge is 0.158 e. The zero-order valence-corrected chi connectivity index (χ0v) is 18.6. The van der Waals surface area contributed by atoms with Crippen LogP contribution in [0.25, 0.3) is 22.3 Å². The van der Waals surface area contributed by atoms with Gasteiger partial charge in [-0.1, -0.05) is 13.0 Å². The number of anilines is 1. The predicted molar refractivity (Wildman–Crippen MR) is 124 cm³/mol. The van der Waals surface area contributed by atoms with Crippen molar-refractivity contribution in [2.45, 2.75) is 45.0 Å². The van der Waals surface area contributed by atoms with Gasteiger partial charge in [0.1, 0.15) is 12.4 Å². The van der Waals surface area contributed by atoms with Gasteiger partial charge in [0.05, 0.1) is 34.9 Å². The van der Waals surface area contributed by atoms with Crippen LogP contribution in [0.1, 0.15) is 32.6 Å². The monoisotopic (exact) mass is 421 g/mol. The molecule has 31 heavy (non-hydrogen) atoms. The van der Waals surface area contributed by atoms with E-state index < -0.39 is 0 Å². The Morgan fingerprint density at radius 2 is 1.97 bits per heavy atom. The number of aromatic nitrogens is 2. The first-order valence-corrected chi connectivity index (χ1v) is 11.1. The highest BCUT2D eigenvalue weighted by molar-refractivity contribution is 5.82. The van der Waals surface area contributed by atoms with E-state index in [-0.39, 0.29) is 12.4 Å². The molecule has 1 aliphatic heterocycles. The molecule has 0 aliphatic carbocycles. The molecule has 164 valence electrons. The summed E-state index contributed by atoms with van der Waals surface area (Å²) in [6, 6.07) is 14.1. The second kappa shape index (κ2) is 10.1. The summed E-state index contributed by atoms with van der Waals surface area (Å²) < 4.78 is 17.8. The Morgan fingerprint density at radius 1 is 1.10 bits per heavy atom. The summed E-state index contributed by atoms with van der Waals surface area (Å²) in [7, 11) is 4.01. The second-order valence-electron chi connectivity index (χ2n) is 8.12. The lowest BCUT2D eigenvalue weighted by Crippen LogP contribution is -2.31. The number of hydrogen-bond donors (Lipinski definition) is 0. The van der Waals surface area contributed by atoms with E-state index in [0.717, 1.165) is 66.0 Å². The number of rotatable bonds is 8. The maximum absolute atomic E-state index is 6.07. The maximum Gasteiger partial charge on any atom is 0.158 e. The van der Waals surface area contributed by atoms with Crippen molar-refractivity contribution >= 4 is 16.6 Å². The van der Waals surface area contributed by atoms with Gasteiger partial charge < -0.3 is 19.1 Å². The van der Waals surface area contributed by atoms with E-state index in [1.165, 1.54) is 0 Å². The lowest BCUT2D eigenvalue weighted by Gasteiger charge is -2.27. The van der Waals surface area contributed by atoms with E-state index in [1.54, 1.807) is 0 Å². The summed E-state index contributed by atoms with van der Waals surface area (Å²) in [5.41, 5.74) is 3.71. The molecule has 6 heteroatoms. The van der Waals surface area contributed by atoms with Gasteiger partial charge in [0.15, 0.2) is 6.29 Å². The first-order chi connectivity index (χ1) is 15.1. The second-order valence-corrected chi connectivity index (χ2v) is 8.12. The van der Waals surface area contributed by atoms with Crippen LogP contribution < -0.4 is 9.64 Å². The minimum Gasteiger partial charge on any atom is -0.491 e. The lowest BCUT2D eigenvalue weighted by atomic mass is 10.1.